The minimum Gasteiger partial charge on any atom is -0.369 e. The van der Waals surface area contributed by atoms with E-state index in [4.69, 9.17) is 0 Å². The molecule has 1 saturated heterocycles. The molecule has 0 bridgehead atoms. The summed E-state index contributed by atoms with van der Waals surface area (Å²) < 4.78 is 27.5. The predicted octanol–water partition coefficient (Wildman–Crippen LogP) is 1.26. The van der Waals surface area contributed by atoms with Crippen molar-refractivity contribution in [3.8, 4) is 0 Å². The second kappa shape index (κ2) is 9.18. The summed E-state index contributed by atoms with van der Waals surface area (Å²) in [6.07, 6.45) is 0.352. The first-order valence-corrected chi connectivity index (χ1v) is 11.1. The number of rotatable bonds is 9. The molecule has 3 N–H and O–H groups in total. The van der Waals surface area contributed by atoms with E-state index < -0.39 is 10.0 Å². The van der Waals surface area contributed by atoms with Gasteiger partial charge in [-0.25, -0.2) is 18.1 Å². The Morgan fingerprint density at radius 2 is 1.67 bits per heavy atom. The van der Waals surface area contributed by atoms with E-state index in [0.29, 0.717) is 30.5 Å². The predicted molar refractivity (Wildman–Crippen MR) is 113 cm³/mol. The second-order valence-electron chi connectivity index (χ2n) is 6.69. The fraction of sp³-hybridized carbons (Fsp3) is 0.368. The summed E-state index contributed by atoms with van der Waals surface area (Å²) in [5.74, 6) is 0.548. The van der Waals surface area contributed by atoms with Gasteiger partial charge < -0.3 is 10.6 Å². The average Bonchev–Trinajstić information content (AvgIpc) is 3.03. The van der Waals surface area contributed by atoms with Gasteiger partial charge in [-0.05, 0) is 38.1 Å². The maximum absolute atomic E-state index is 12.5. The number of benzene rings is 1. The number of anilines is 3. The molecule has 1 aromatic heterocycles. The molecule has 2 amide bonds. The first-order chi connectivity index (χ1) is 14.3. The molecule has 0 aliphatic carbocycles. The summed E-state index contributed by atoms with van der Waals surface area (Å²) in [6.45, 7) is 4.97. The first kappa shape index (κ1) is 21.7. The highest BCUT2D eigenvalue weighted by Crippen LogP contribution is 2.23. The molecule has 2 aromatic rings. The summed E-state index contributed by atoms with van der Waals surface area (Å²) in [6, 6.07) is 7.44. The molecule has 0 radical (unpaired) electrons. The number of sulfonamides is 1. The van der Waals surface area contributed by atoms with Gasteiger partial charge in [0.25, 0.3) is 0 Å². The summed E-state index contributed by atoms with van der Waals surface area (Å²) in [5, 5.41) is 6.10. The highest BCUT2D eigenvalue weighted by Gasteiger charge is 2.30. The van der Waals surface area contributed by atoms with Gasteiger partial charge in [-0.3, -0.25) is 14.5 Å². The number of hydrogen-bond acceptors (Lipinski definition) is 8. The number of imide groups is 1. The molecule has 1 fully saturated rings. The van der Waals surface area contributed by atoms with Crippen molar-refractivity contribution >= 4 is 39.3 Å². The van der Waals surface area contributed by atoms with Gasteiger partial charge in [-0.1, -0.05) is 0 Å². The van der Waals surface area contributed by atoms with E-state index in [1.165, 1.54) is 24.3 Å². The van der Waals surface area contributed by atoms with Crippen molar-refractivity contribution in [1.29, 1.82) is 0 Å². The highest BCUT2D eigenvalue weighted by atomic mass is 32.2. The van der Waals surface area contributed by atoms with Crippen molar-refractivity contribution in [1.82, 2.24) is 14.7 Å². The fourth-order valence-electron chi connectivity index (χ4n) is 2.99. The molecule has 30 heavy (non-hydrogen) atoms. The van der Waals surface area contributed by atoms with Crippen molar-refractivity contribution in [3.63, 3.8) is 0 Å². The molecule has 0 atom stereocenters. The molecule has 0 saturated carbocycles. The molecule has 1 aliphatic rings. The van der Waals surface area contributed by atoms with Crippen LogP contribution in [-0.4, -0.2) is 49.8 Å². The van der Waals surface area contributed by atoms with Crippen LogP contribution in [0, 0.1) is 6.92 Å². The smallest absolute Gasteiger partial charge is 0.240 e. The van der Waals surface area contributed by atoms with Crippen LogP contribution in [0.3, 0.4) is 0 Å². The van der Waals surface area contributed by atoms with Crippen LogP contribution in [0.5, 0.6) is 0 Å². The van der Waals surface area contributed by atoms with E-state index in [1.807, 2.05) is 13.8 Å². The van der Waals surface area contributed by atoms with Crippen LogP contribution in [0.1, 0.15) is 25.5 Å². The Labute approximate surface area is 175 Å². The number of aryl methyl sites for hydroxylation is 1. The topological polar surface area (TPSA) is 133 Å². The zero-order valence-corrected chi connectivity index (χ0v) is 17.6. The molecule has 10 nitrogen and oxygen atoms in total. The standard InChI is InChI=1S/C19H24N6O4S/c1-3-20-19-23-13(2)12-16(24-19)21-10-11-22-30(28,29)15-6-4-14(5-7-15)25-17(26)8-9-18(25)27/h4-7,12,22H,3,8-11H2,1-2H3,(H2,20,21,23,24). The van der Waals surface area contributed by atoms with Crippen LogP contribution in [0.15, 0.2) is 35.2 Å². The first-order valence-electron chi connectivity index (χ1n) is 9.59. The average molecular weight is 433 g/mol. The lowest BCUT2D eigenvalue weighted by molar-refractivity contribution is -0.121. The van der Waals surface area contributed by atoms with Gasteiger partial charge in [-0.2, -0.15) is 4.98 Å². The molecule has 1 aliphatic heterocycles. The van der Waals surface area contributed by atoms with Crippen molar-refractivity contribution < 1.29 is 18.0 Å². The van der Waals surface area contributed by atoms with E-state index in [9.17, 15) is 18.0 Å². The van der Waals surface area contributed by atoms with Gasteiger partial charge >= 0.3 is 0 Å². The van der Waals surface area contributed by atoms with Crippen molar-refractivity contribution in [3.05, 3.63) is 36.0 Å². The summed E-state index contributed by atoms with van der Waals surface area (Å²) in [7, 11) is -3.73. The number of aromatic nitrogens is 2. The SMILES string of the molecule is CCNc1nc(C)cc(NCCNS(=O)(=O)c2ccc(N3C(=O)CCC3=O)cc2)n1. The maximum Gasteiger partial charge on any atom is 0.240 e. The van der Waals surface area contributed by atoms with Crippen molar-refractivity contribution in [2.45, 2.75) is 31.6 Å². The lowest BCUT2D eigenvalue weighted by atomic mass is 10.3. The largest absolute Gasteiger partial charge is 0.369 e. The fourth-order valence-corrected chi connectivity index (χ4v) is 4.03. The number of hydrogen-bond donors (Lipinski definition) is 3. The van der Waals surface area contributed by atoms with E-state index in [1.54, 1.807) is 6.07 Å². The number of amides is 2. The monoisotopic (exact) mass is 432 g/mol. The molecule has 2 heterocycles. The number of nitrogens with zero attached hydrogens (tertiary/aromatic N) is 3. The number of carbonyl (C=O) groups is 2. The van der Waals surface area contributed by atoms with Gasteiger partial charge in [0.15, 0.2) is 0 Å². The molecular weight excluding hydrogens is 408 g/mol. The van der Waals surface area contributed by atoms with Gasteiger partial charge in [0.05, 0.1) is 10.6 Å². The van der Waals surface area contributed by atoms with Gasteiger partial charge in [0.1, 0.15) is 5.82 Å². The Kier molecular flexibility index (Phi) is 6.63. The summed E-state index contributed by atoms with van der Waals surface area (Å²) in [4.78, 5) is 33.3. The Hall–Kier alpha value is -3.05. The second-order valence-corrected chi connectivity index (χ2v) is 8.46. The van der Waals surface area contributed by atoms with Crippen LogP contribution in [-0.2, 0) is 19.6 Å². The van der Waals surface area contributed by atoms with Crippen LogP contribution >= 0.6 is 0 Å². The summed E-state index contributed by atoms with van der Waals surface area (Å²) >= 11 is 0. The lowest BCUT2D eigenvalue weighted by Crippen LogP contribution is -2.30. The Morgan fingerprint density at radius 1 is 1.00 bits per heavy atom. The van der Waals surface area contributed by atoms with Crippen LogP contribution in [0.2, 0.25) is 0 Å². The molecule has 11 heteroatoms. The van der Waals surface area contributed by atoms with Crippen LogP contribution in [0.4, 0.5) is 17.5 Å². The van der Waals surface area contributed by atoms with Gasteiger partial charge in [0, 0.05) is 44.2 Å². The molecule has 160 valence electrons. The molecular formula is C19H24N6O4S. The van der Waals surface area contributed by atoms with Crippen molar-refractivity contribution in [2.24, 2.45) is 0 Å². The van der Waals surface area contributed by atoms with E-state index in [2.05, 4.69) is 25.3 Å². The third-order valence-electron chi connectivity index (χ3n) is 4.37. The Morgan fingerprint density at radius 3 is 2.30 bits per heavy atom. The van der Waals surface area contributed by atoms with Gasteiger partial charge in [-0.15, -0.1) is 0 Å². The number of carbonyl (C=O) groups excluding carboxylic acids is 2. The zero-order chi connectivity index (χ0) is 21.7. The molecule has 0 unspecified atom stereocenters. The van der Waals surface area contributed by atoms with Gasteiger partial charge in [0.2, 0.25) is 27.8 Å². The lowest BCUT2D eigenvalue weighted by Gasteiger charge is -2.14. The highest BCUT2D eigenvalue weighted by molar-refractivity contribution is 7.89. The minimum absolute atomic E-state index is 0.0534. The van der Waals surface area contributed by atoms with Crippen molar-refractivity contribution in [2.75, 3.05) is 35.2 Å². The zero-order valence-electron chi connectivity index (χ0n) is 16.8. The normalized spacial score (nSPS) is 14.3. The minimum atomic E-state index is -3.73. The number of nitrogens with one attached hydrogen (secondary N) is 3. The molecule has 1 aromatic carbocycles. The molecule has 3 rings (SSSR count). The quantitative estimate of drug-likeness (QED) is 0.398. The molecule has 0 spiro atoms. The third kappa shape index (κ3) is 5.10. The van der Waals surface area contributed by atoms with Crippen LogP contribution < -0.4 is 20.3 Å². The summed E-state index contributed by atoms with van der Waals surface area (Å²) in [5.41, 5.74) is 1.16. The van der Waals surface area contributed by atoms with E-state index >= 15 is 0 Å². The van der Waals surface area contributed by atoms with Crippen LogP contribution in [0.25, 0.3) is 0 Å². The third-order valence-corrected chi connectivity index (χ3v) is 5.85. The van der Waals surface area contributed by atoms with E-state index in [-0.39, 0.29) is 36.1 Å². The maximum atomic E-state index is 12.5. The van der Waals surface area contributed by atoms with E-state index in [0.717, 1.165) is 10.6 Å². The Balaban J connectivity index is 1.57. The Bertz CT molecular complexity index is 1020.